The van der Waals surface area contributed by atoms with E-state index in [1.54, 1.807) is 7.11 Å². The molecule has 0 saturated carbocycles. The molecule has 1 rings (SSSR count). The zero-order valence-corrected chi connectivity index (χ0v) is 12.7. The summed E-state index contributed by atoms with van der Waals surface area (Å²) in [7, 11) is 1.70. The van der Waals surface area contributed by atoms with E-state index in [2.05, 4.69) is 18.8 Å². The average Bonchev–Trinajstić information content (AvgIpc) is 2.42. The summed E-state index contributed by atoms with van der Waals surface area (Å²) < 4.78 is 5.45. The van der Waals surface area contributed by atoms with Crippen molar-refractivity contribution < 1.29 is 4.74 Å². The Bertz CT molecular complexity index is 392. The van der Waals surface area contributed by atoms with Crippen LogP contribution >= 0.6 is 11.6 Å². The fraction of sp³-hybridized carbons (Fsp3) is 0.500. The van der Waals surface area contributed by atoms with Crippen molar-refractivity contribution >= 4 is 11.6 Å². The van der Waals surface area contributed by atoms with E-state index in [-0.39, 0.29) is 6.04 Å². The Balaban J connectivity index is 2.87. The Kier molecular flexibility index (Phi) is 7.61. The Hall–Kier alpha value is -0.990. The molecular formula is C16H24ClNO. The van der Waals surface area contributed by atoms with Gasteiger partial charge in [-0.25, -0.2) is 0 Å². The molecule has 3 heteroatoms. The van der Waals surface area contributed by atoms with E-state index in [0.717, 1.165) is 48.6 Å². The van der Waals surface area contributed by atoms with Gasteiger partial charge in [0.2, 0.25) is 0 Å². The van der Waals surface area contributed by atoms with Crippen LogP contribution in [0, 0.1) is 0 Å². The molecule has 1 aromatic carbocycles. The van der Waals surface area contributed by atoms with Gasteiger partial charge in [-0.3, -0.25) is 0 Å². The van der Waals surface area contributed by atoms with Gasteiger partial charge in [0.1, 0.15) is 5.75 Å². The van der Waals surface area contributed by atoms with E-state index in [4.69, 9.17) is 16.3 Å². The van der Waals surface area contributed by atoms with Crippen LogP contribution in [0.2, 0.25) is 5.02 Å². The summed E-state index contributed by atoms with van der Waals surface area (Å²) in [5.41, 5.74) is 1.15. The maximum atomic E-state index is 6.11. The molecule has 19 heavy (non-hydrogen) atoms. The van der Waals surface area contributed by atoms with Crippen LogP contribution in [0.25, 0.3) is 0 Å². The molecule has 106 valence electrons. The van der Waals surface area contributed by atoms with Gasteiger partial charge in [-0.1, -0.05) is 24.6 Å². The van der Waals surface area contributed by atoms with Crippen molar-refractivity contribution in [2.45, 2.75) is 38.6 Å². The topological polar surface area (TPSA) is 21.3 Å². The van der Waals surface area contributed by atoms with Crippen LogP contribution in [0.1, 0.15) is 44.2 Å². The Labute approximate surface area is 121 Å². The zero-order chi connectivity index (χ0) is 14.1. The molecule has 2 nitrogen and oxygen atoms in total. The van der Waals surface area contributed by atoms with Crippen LogP contribution in [0.5, 0.6) is 5.75 Å². The van der Waals surface area contributed by atoms with Crippen molar-refractivity contribution in [2.24, 2.45) is 0 Å². The predicted octanol–water partition coefficient (Wildman–Crippen LogP) is 4.75. The van der Waals surface area contributed by atoms with Crippen molar-refractivity contribution in [3.8, 4) is 5.75 Å². The normalized spacial score (nSPS) is 12.2. The number of halogens is 1. The predicted molar refractivity (Wildman–Crippen MR) is 83.1 cm³/mol. The molecule has 0 bridgehead atoms. The van der Waals surface area contributed by atoms with Crippen molar-refractivity contribution in [1.82, 2.24) is 5.32 Å². The summed E-state index contributed by atoms with van der Waals surface area (Å²) in [4.78, 5) is 0. The number of rotatable bonds is 9. The first-order chi connectivity index (χ1) is 9.22. The Morgan fingerprint density at radius 1 is 1.47 bits per heavy atom. The number of methoxy groups -OCH3 is 1. The lowest BCUT2D eigenvalue weighted by molar-refractivity contribution is 0.393. The SMILES string of the molecule is C=CCCCC(NCCC)c1cc(Cl)ccc1OC. The number of hydrogen-bond acceptors (Lipinski definition) is 2. The monoisotopic (exact) mass is 281 g/mol. The van der Waals surface area contributed by atoms with E-state index in [1.165, 1.54) is 0 Å². The third-order valence-corrected chi connectivity index (χ3v) is 3.34. The standard InChI is InChI=1S/C16H24ClNO/c1-4-6-7-8-15(18-11-5-2)14-12-13(17)9-10-16(14)19-3/h4,9-10,12,15,18H,1,5-8,11H2,2-3H3. The van der Waals surface area contributed by atoms with Gasteiger partial charge in [-0.15, -0.1) is 6.58 Å². The first-order valence-electron chi connectivity index (χ1n) is 6.90. The maximum Gasteiger partial charge on any atom is 0.123 e. The van der Waals surface area contributed by atoms with Gasteiger partial charge in [0, 0.05) is 16.6 Å². The molecule has 1 N–H and O–H groups in total. The molecule has 0 spiro atoms. The zero-order valence-electron chi connectivity index (χ0n) is 11.9. The minimum absolute atomic E-state index is 0.286. The van der Waals surface area contributed by atoms with Gasteiger partial charge < -0.3 is 10.1 Å². The lowest BCUT2D eigenvalue weighted by Gasteiger charge is -2.21. The van der Waals surface area contributed by atoms with E-state index in [1.807, 2.05) is 24.3 Å². The van der Waals surface area contributed by atoms with Crippen molar-refractivity contribution in [3.05, 3.63) is 41.4 Å². The summed E-state index contributed by atoms with van der Waals surface area (Å²) in [6, 6.07) is 6.09. The van der Waals surface area contributed by atoms with Gasteiger partial charge in [0.25, 0.3) is 0 Å². The second-order valence-corrected chi connectivity index (χ2v) is 5.05. The van der Waals surface area contributed by atoms with Gasteiger partial charge >= 0.3 is 0 Å². The highest BCUT2D eigenvalue weighted by Gasteiger charge is 2.15. The molecule has 1 aromatic rings. The smallest absolute Gasteiger partial charge is 0.123 e. The quantitative estimate of drug-likeness (QED) is 0.521. The minimum Gasteiger partial charge on any atom is -0.496 e. The van der Waals surface area contributed by atoms with Crippen LogP contribution in [0.3, 0.4) is 0 Å². The van der Waals surface area contributed by atoms with E-state index in [0.29, 0.717) is 0 Å². The summed E-state index contributed by atoms with van der Waals surface area (Å²) >= 11 is 6.11. The van der Waals surface area contributed by atoms with Crippen LogP contribution in [0.15, 0.2) is 30.9 Å². The highest BCUT2D eigenvalue weighted by Crippen LogP contribution is 2.31. The van der Waals surface area contributed by atoms with Gasteiger partial charge in [0.05, 0.1) is 7.11 Å². The van der Waals surface area contributed by atoms with Gasteiger partial charge in [-0.05, 0) is 50.4 Å². The second-order valence-electron chi connectivity index (χ2n) is 4.61. The third-order valence-electron chi connectivity index (χ3n) is 3.11. The van der Waals surface area contributed by atoms with E-state index < -0.39 is 0 Å². The molecule has 0 fully saturated rings. The summed E-state index contributed by atoms with van der Waals surface area (Å²) in [6.07, 6.45) is 6.28. The van der Waals surface area contributed by atoms with Crippen molar-refractivity contribution in [3.63, 3.8) is 0 Å². The fourth-order valence-corrected chi connectivity index (χ4v) is 2.31. The molecule has 0 heterocycles. The highest BCUT2D eigenvalue weighted by atomic mass is 35.5. The molecular weight excluding hydrogens is 258 g/mol. The lowest BCUT2D eigenvalue weighted by atomic mass is 9.99. The maximum absolute atomic E-state index is 6.11. The molecule has 0 aromatic heterocycles. The van der Waals surface area contributed by atoms with Gasteiger partial charge in [0.15, 0.2) is 0 Å². The molecule has 0 aliphatic rings. The Morgan fingerprint density at radius 3 is 2.89 bits per heavy atom. The van der Waals surface area contributed by atoms with Crippen LogP contribution in [-0.2, 0) is 0 Å². The van der Waals surface area contributed by atoms with E-state index in [9.17, 15) is 0 Å². The fourth-order valence-electron chi connectivity index (χ4n) is 2.13. The molecule has 0 saturated heterocycles. The number of unbranched alkanes of at least 4 members (excludes halogenated alkanes) is 1. The van der Waals surface area contributed by atoms with E-state index >= 15 is 0 Å². The average molecular weight is 282 g/mol. The summed E-state index contributed by atoms with van der Waals surface area (Å²) in [6.45, 7) is 6.94. The van der Waals surface area contributed by atoms with Crippen LogP contribution in [0.4, 0.5) is 0 Å². The number of nitrogens with one attached hydrogen (secondary N) is 1. The summed E-state index contributed by atoms with van der Waals surface area (Å²) in [5, 5.41) is 4.33. The number of benzene rings is 1. The highest BCUT2D eigenvalue weighted by molar-refractivity contribution is 6.30. The molecule has 0 amide bonds. The molecule has 1 unspecified atom stereocenters. The third kappa shape index (κ3) is 5.25. The first-order valence-corrected chi connectivity index (χ1v) is 7.28. The summed E-state index contributed by atoms with van der Waals surface area (Å²) in [5.74, 6) is 0.900. The van der Waals surface area contributed by atoms with Crippen molar-refractivity contribution in [1.29, 1.82) is 0 Å². The van der Waals surface area contributed by atoms with Crippen LogP contribution < -0.4 is 10.1 Å². The van der Waals surface area contributed by atoms with Crippen molar-refractivity contribution in [2.75, 3.05) is 13.7 Å². The lowest BCUT2D eigenvalue weighted by Crippen LogP contribution is -2.22. The largest absolute Gasteiger partial charge is 0.496 e. The number of ether oxygens (including phenoxy) is 1. The Morgan fingerprint density at radius 2 is 2.26 bits per heavy atom. The molecule has 0 radical (unpaired) electrons. The number of allylic oxidation sites excluding steroid dienone is 1. The molecule has 1 atom stereocenters. The first kappa shape index (κ1) is 16.1. The second kappa shape index (κ2) is 9.00. The molecule has 0 aliphatic carbocycles. The minimum atomic E-state index is 0.286. The number of hydrogen-bond donors (Lipinski definition) is 1. The van der Waals surface area contributed by atoms with Gasteiger partial charge in [-0.2, -0.15) is 0 Å². The van der Waals surface area contributed by atoms with Crippen LogP contribution in [-0.4, -0.2) is 13.7 Å². The molecule has 0 aliphatic heterocycles.